The molecule has 1 saturated heterocycles. The Balaban J connectivity index is 1.51. The summed E-state index contributed by atoms with van der Waals surface area (Å²) in [6.07, 6.45) is 6.11. The smallest absolute Gasteiger partial charge is 0.333 e. The normalized spacial score (nSPS) is 15.2. The lowest BCUT2D eigenvalue weighted by molar-refractivity contribution is -0.197. The first kappa shape index (κ1) is 39.2. The number of hydrogen-bond donors (Lipinski definition) is 5. The van der Waals surface area contributed by atoms with Gasteiger partial charge in [-0.1, -0.05) is 32.1 Å². The van der Waals surface area contributed by atoms with Crippen LogP contribution >= 0.6 is 0 Å². The highest BCUT2D eigenvalue weighted by molar-refractivity contribution is 6.01. The molecule has 50 heavy (non-hydrogen) atoms. The molecule has 16 nitrogen and oxygen atoms in total. The van der Waals surface area contributed by atoms with Crippen LogP contribution < -0.4 is 27.0 Å². The average Bonchev–Trinajstić information content (AvgIpc) is 3.62. The minimum absolute atomic E-state index is 0.0307. The van der Waals surface area contributed by atoms with Gasteiger partial charge in [0.2, 0.25) is 23.6 Å². The summed E-state index contributed by atoms with van der Waals surface area (Å²) in [7, 11) is 0. The van der Waals surface area contributed by atoms with Crippen molar-refractivity contribution in [1.29, 1.82) is 0 Å². The summed E-state index contributed by atoms with van der Waals surface area (Å²) in [6.45, 7) is 4.98. The fourth-order valence-corrected chi connectivity index (χ4v) is 5.32. The van der Waals surface area contributed by atoms with Crippen LogP contribution in [0.15, 0.2) is 36.4 Å². The molecule has 2 atom stereocenters. The first-order valence-electron chi connectivity index (χ1n) is 16.9. The fraction of sp³-hybridized carbons (Fsp3) is 0.529. The lowest BCUT2D eigenvalue weighted by Crippen LogP contribution is -2.54. The van der Waals surface area contributed by atoms with Crippen molar-refractivity contribution >= 4 is 53.1 Å². The van der Waals surface area contributed by atoms with Crippen molar-refractivity contribution in [1.82, 2.24) is 25.9 Å². The lowest BCUT2D eigenvalue weighted by atomic mass is 10.0. The van der Waals surface area contributed by atoms with Crippen LogP contribution in [0.3, 0.4) is 0 Å². The molecular weight excluding hydrogens is 650 g/mol. The zero-order chi connectivity index (χ0) is 36.6. The van der Waals surface area contributed by atoms with Crippen molar-refractivity contribution in [2.75, 3.05) is 25.0 Å². The van der Waals surface area contributed by atoms with E-state index in [0.717, 1.165) is 24.8 Å². The van der Waals surface area contributed by atoms with E-state index in [1.807, 2.05) is 18.2 Å². The standard InChI is InChI=1S/C34H47N7O9/c1-22(2)31(39-26(42)10-5-12-30(46)50-41-28(44)17-18-29(41)45)33(48)38-25(9-6-19-36-34(35)49)32(47)37-24-15-13-23(14-16-24)8-3-4-20-40-21-7-11-27(40)43/h7,11,13-16,22,25,31H,3-6,8-10,12,17-21H2,1-2H3,(H,37,47)(H,38,48)(H,39,42)(H3,35,36,49). The highest BCUT2D eigenvalue weighted by Gasteiger charge is 2.33. The number of nitrogens with one attached hydrogen (secondary N) is 4. The molecule has 272 valence electrons. The van der Waals surface area contributed by atoms with E-state index in [1.54, 1.807) is 37.0 Å². The van der Waals surface area contributed by atoms with Crippen LogP contribution in [0, 0.1) is 5.92 Å². The van der Waals surface area contributed by atoms with Gasteiger partial charge in [0, 0.05) is 57.1 Å². The molecule has 0 spiro atoms. The number of carbonyl (C=O) groups is 8. The van der Waals surface area contributed by atoms with Crippen LogP contribution in [-0.4, -0.2) is 89.1 Å². The van der Waals surface area contributed by atoms with Gasteiger partial charge in [0.05, 0.1) is 0 Å². The molecule has 2 unspecified atom stereocenters. The van der Waals surface area contributed by atoms with Crippen LogP contribution in [0.2, 0.25) is 0 Å². The number of carbonyl (C=O) groups excluding carboxylic acids is 8. The Bertz CT molecular complexity index is 1430. The number of hydrogen-bond acceptors (Lipinski definition) is 9. The number of nitrogens with two attached hydrogens (primary N) is 1. The van der Waals surface area contributed by atoms with Gasteiger partial charge in [-0.25, -0.2) is 9.59 Å². The number of imide groups is 1. The van der Waals surface area contributed by atoms with Gasteiger partial charge in [-0.3, -0.25) is 28.8 Å². The maximum absolute atomic E-state index is 13.4. The van der Waals surface area contributed by atoms with Gasteiger partial charge in [-0.05, 0) is 62.1 Å². The Kier molecular flexibility index (Phi) is 15.4. The third-order valence-electron chi connectivity index (χ3n) is 8.11. The molecule has 3 rings (SSSR count). The van der Waals surface area contributed by atoms with Gasteiger partial charge < -0.3 is 36.7 Å². The molecule has 1 aromatic carbocycles. The van der Waals surface area contributed by atoms with Crippen LogP contribution in [0.25, 0.3) is 0 Å². The van der Waals surface area contributed by atoms with Crippen molar-refractivity contribution in [2.24, 2.45) is 11.7 Å². The van der Waals surface area contributed by atoms with Gasteiger partial charge in [-0.15, -0.1) is 5.06 Å². The molecule has 0 radical (unpaired) electrons. The number of nitrogens with zero attached hydrogens (tertiary/aromatic N) is 2. The summed E-state index contributed by atoms with van der Waals surface area (Å²) in [6, 6.07) is 4.60. The molecule has 6 N–H and O–H groups in total. The zero-order valence-corrected chi connectivity index (χ0v) is 28.5. The number of anilines is 1. The maximum atomic E-state index is 13.4. The second kappa shape index (κ2) is 19.7. The molecule has 2 aliphatic rings. The molecule has 0 aromatic heterocycles. The predicted molar refractivity (Wildman–Crippen MR) is 180 cm³/mol. The highest BCUT2D eigenvalue weighted by atomic mass is 16.7. The average molecular weight is 698 g/mol. The van der Waals surface area contributed by atoms with E-state index in [4.69, 9.17) is 10.6 Å². The van der Waals surface area contributed by atoms with Crippen molar-refractivity contribution < 1.29 is 43.2 Å². The van der Waals surface area contributed by atoms with E-state index in [2.05, 4.69) is 21.3 Å². The summed E-state index contributed by atoms with van der Waals surface area (Å²) in [5, 5.41) is 11.1. The number of urea groups is 1. The molecule has 1 fully saturated rings. The van der Waals surface area contributed by atoms with Crippen LogP contribution in [0.4, 0.5) is 10.5 Å². The summed E-state index contributed by atoms with van der Waals surface area (Å²) in [5.41, 5.74) is 6.73. The number of primary amides is 1. The Morgan fingerprint density at radius 2 is 1.58 bits per heavy atom. The number of unbranched alkanes of at least 4 members (excludes halogenated alkanes) is 1. The van der Waals surface area contributed by atoms with Crippen LogP contribution in [0.5, 0.6) is 0 Å². The number of rotatable bonds is 20. The van der Waals surface area contributed by atoms with Crippen molar-refractivity contribution in [3.63, 3.8) is 0 Å². The molecule has 2 heterocycles. The van der Waals surface area contributed by atoms with Crippen molar-refractivity contribution in [2.45, 2.75) is 90.1 Å². The largest absolute Gasteiger partial charge is 0.352 e. The SMILES string of the molecule is CC(C)C(NC(=O)CCCC(=O)ON1C(=O)CCC1=O)C(=O)NC(CCCNC(N)=O)C(=O)Nc1ccc(CCCCN2CC=CC2=O)cc1. The fourth-order valence-electron chi connectivity index (χ4n) is 5.32. The predicted octanol–water partition coefficient (Wildman–Crippen LogP) is 1.20. The minimum atomic E-state index is -1.01. The van der Waals surface area contributed by atoms with E-state index in [9.17, 15) is 38.4 Å². The first-order valence-corrected chi connectivity index (χ1v) is 16.9. The minimum Gasteiger partial charge on any atom is -0.352 e. The molecule has 16 heteroatoms. The van der Waals surface area contributed by atoms with E-state index in [-0.39, 0.29) is 56.9 Å². The Hall–Kier alpha value is -5.28. The topological polar surface area (TPSA) is 226 Å². The molecule has 0 aliphatic carbocycles. The molecular formula is C34H47N7O9. The van der Waals surface area contributed by atoms with Gasteiger partial charge in [0.25, 0.3) is 11.8 Å². The quantitative estimate of drug-likeness (QED) is 0.0973. The number of aryl methyl sites for hydroxylation is 1. The Morgan fingerprint density at radius 3 is 2.20 bits per heavy atom. The number of benzene rings is 1. The lowest BCUT2D eigenvalue weighted by Gasteiger charge is -2.25. The van der Waals surface area contributed by atoms with E-state index < -0.39 is 53.6 Å². The molecule has 2 aliphatic heterocycles. The zero-order valence-electron chi connectivity index (χ0n) is 28.5. The van der Waals surface area contributed by atoms with Crippen LogP contribution in [0.1, 0.15) is 77.2 Å². The molecule has 8 amide bonds. The molecule has 0 bridgehead atoms. The summed E-state index contributed by atoms with van der Waals surface area (Å²) in [5.74, 6) is -3.97. The summed E-state index contributed by atoms with van der Waals surface area (Å²) >= 11 is 0. The summed E-state index contributed by atoms with van der Waals surface area (Å²) in [4.78, 5) is 104. The molecule has 1 aromatic rings. The highest BCUT2D eigenvalue weighted by Crippen LogP contribution is 2.15. The Labute approximate surface area is 290 Å². The van der Waals surface area contributed by atoms with E-state index in [1.165, 1.54) is 0 Å². The van der Waals surface area contributed by atoms with Gasteiger partial charge in [0.15, 0.2) is 0 Å². The summed E-state index contributed by atoms with van der Waals surface area (Å²) < 4.78 is 0. The van der Waals surface area contributed by atoms with Gasteiger partial charge >= 0.3 is 12.0 Å². The number of hydroxylamine groups is 2. The van der Waals surface area contributed by atoms with Gasteiger partial charge in [-0.2, -0.15) is 0 Å². The third kappa shape index (κ3) is 13.0. The Morgan fingerprint density at radius 1 is 0.880 bits per heavy atom. The van der Waals surface area contributed by atoms with Crippen molar-refractivity contribution in [3.05, 3.63) is 42.0 Å². The second-order valence-corrected chi connectivity index (χ2v) is 12.5. The van der Waals surface area contributed by atoms with Gasteiger partial charge in [0.1, 0.15) is 12.1 Å². The van der Waals surface area contributed by atoms with E-state index >= 15 is 0 Å². The monoisotopic (exact) mass is 697 g/mol. The first-order chi connectivity index (χ1) is 23.8. The van der Waals surface area contributed by atoms with Crippen LogP contribution in [-0.2, 0) is 44.8 Å². The third-order valence-corrected chi connectivity index (χ3v) is 8.11. The second-order valence-electron chi connectivity index (χ2n) is 12.5. The maximum Gasteiger partial charge on any atom is 0.333 e. The molecule has 0 saturated carbocycles. The van der Waals surface area contributed by atoms with Crippen molar-refractivity contribution in [3.8, 4) is 0 Å². The van der Waals surface area contributed by atoms with E-state index in [0.29, 0.717) is 30.3 Å². The number of amides is 8.